The van der Waals surface area contributed by atoms with Gasteiger partial charge in [0.2, 0.25) is 5.91 Å². The third kappa shape index (κ3) is 6.59. The number of halogens is 2. The number of aryl methyl sites for hydroxylation is 1. The fourth-order valence-electron chi connectivity index (χ4n) is 3.16. The van der Waals surface area contributed by atoms with Crippen LogP contribution in [0.1, 0.15) is 41.6 Å². The van der Waals surface area contributed by atoms with E-state index in [4.69, 9.17) is 11.6 Å². The summed E-state index contributed by atoms with van der Waals surface area (Å²) < 4.78 is 2.58. The number of carbonyl (C=O) groups excluding carboxylic acids is 2. The van der Waals surface area contributed by atoms with Crippen LogP contribution in [0.15, 0.2) is 52.1 Å². The lowest BCUT2D eigenvalue weighted by Gasteiger charge is -2.21. The number of hydrogen-bond donors (Lipinski definition) is 2. The lowest BCUT2D eigenvalue weighted by Crippen LogP contribution is -2.33. The Morgan fingerprint density at radius 3 is 2.61 bits per heavy atom. The standard InChI is InChI=1S/C23H25BrClN5O2S/c1-13(2)20(27-22(32)15-7-5-6-14(3)10-15)21-28-29-23(30(21)4)33-12-19(31)26-16-8-9-17(24)18(25)11-16/h5-11,13,20H,12H2,1-4H3,(H,26,31)(H,27,32)/t20-/m1/s1. The fourth-order valence-corrected chi connectivity index (χ4v) is 4.31. The molecule has 10 heteroatoms. The second-order valence-corrected chi connectivity index (χ2v) is 10.1. The molecule has 0 radical (unpaired) electrons. The van der Waals surface area contributed by atoms with E-state index in [0.29, 0.717) is 27.3 Å². The maximum absolute atomic E-state index is 12.8. The van der Waals surface area contributed by atoms with E-state index in [1.165, 1.54) is 11.8 Å². The molecule has 0 unspecified atom stereocenters. The minimum Gasteiger partial charge on any atom is -0.342 e. The van der Waals surface area contributed by atoms with Gasteiger partial charge >= 0.3 is 0 Å². The highest BCUT2D eigenvalue weighted by atomic mass is 79.9. The Morgan fingerprint density at radius 2 is 1.94 bits per heavy atom. The zero-order valence-electron chi connectivity index (χ0n) is 18.7. The second kappa shape index (κ2) is 11.2. The molecule has 174 valence electrons. The van der Waals surface area contributed by atoms with Crippen LogP contribution in [0, 0.1) is 12.8 Å². The largest absolute Gasteiger partial charge is 0.342 e. The summed E-state index contributed by atoms with van der Waals surface area (Å²) in [6.07, 6.45) is 0. The summed E-state index contributed by atoms with van der Waals surface area (Å²) in [5.74, 6) is 0.526. The van der Waals surface area contributed by atoms with Crippen molar-refractivity contribution >= 4 is 56.8 Å². The minimum absolute atomic E-state index is 0.0879. The number of nitrogens with one attached hydrogen (secondary N) is 2. The number of nitrogens with zero attached hydrogens (tertiary/aromatic N) is 3. The van der Waals surface area contributed by atoms with E-state index >= 15 is 0 Å². The van der Waals surface area contributed by atoms with E-state index in [9.17, 15) is 9.59 Å². The lowest BCUT2D eigenvalue weighted by atomic mass is 10.0. The summed E-state index contributed by atoms with van der Waals surface area (Å²) in [5, 5.41) is 15.5. The molecule has 1 aromatic heterocycles. The Hall–Kier alpha value is -2.36. The van der Waals surface area contributed by atoms with Crippen molar-refractivity contribution in [3.63, 3.8) is 0 Å². The molecular weight excluding hydrogens is 526 g/mol. The summed E-state index contributed by atoms with van der Waals surface area (Å²) in [7, 11) is 1.83. The highest BCUT2D eigenvalue weighted by Crippen LogP contribution is 2.27. The lowest BCUT2D eigenvalue weighted by molar-refractivity contribution is -0.113. The van der Waals surface area contributed by atoms with Crippen LogP contribution in [0.4, 0.5) is 5.69 Å². The number of carbonyl (C=O) groups is 2. The van der Waals surface area contributed by atoms with E-state index < -0.39 is 0 Å². The zero-order valence-corrected chi connectivity index (χ0v) is 21.9. The molecule has 0 bridgehead atoms. The predicted molar refractivity (Wildman–Crippen MR) is 136 cm³/mol. The number of benzene rings is 2. The fraction of sp³-hybridized carbons (Fsp3) is 0.304. The summed E-state index contributed by atoms with van der Waals surface area (Å²) in [5.41, 5.74) is 2.23. The van der Waals surface area contributed by atoms with Crippen molar-refractivity contribution in [2.75, 3.05) is 11.1 Å². The van der Waals surface area contributed by atoms with Gasteiger partial charge in [-0.2, -0.15) is 0 Å². The SMILES string of the molecule is Cc1cccc(C(=O)N[C@@H](c2nnc(SCC(=O)Nc3ccc(Br)c(Cl)c3)n2C)C(C)C)c1. The van der Waals surface area contributed by atoms with Gasteiger partial charge in [-0.3, -0.25) is 9.59 Å². The highest BCUT2D eigenvalue weighted by molar-refractivity contribution is 9.10. The first-order chi connectivity index (χ1) is 15.7. The van der Waals surface area contributed by atoms with Crippen LogP contribution in [0.2, 0.25) is 5.02 Å². The van der Waals surface area contributed by atoms with Crippen molar-refractivity contribution in [1.29, 1.82) is 0 Å². The van der Waals surface area contributed by atoms with Gasteiger partial charge in [-0.15, -0.1) is 10.2 Å². The van der Waals surface area contributed by atoms with Gasteiger partial charge in [-0.1, -0.05) is 54.9 Å². The molecule has 0 saturated carbocycles. The van der Waals surface area contributed by atoms with Crippen molar-refractivity contribution in [2.24, 2.45) is 13.0 Å². The van der Waals surface area contributed by atoms with Crippen LogP contribution < -0.4 is 10.6 Å². The van der Waals surface area contributed by atoms with E-state index in [1.54, 1.807) is 24.3 Å². The molecule has 2 amide bonds. The van der Waals surface area contributed by atoms with Crippen LogP contribution in [0.3, 0.4) is 0 Å². The third-order valence-electron chi connectivity index (χ3n) is 4.92. The first-order valence-corrected chi connectivity index (χ1v) is 12.5. The normalized spacial score (nSPS) is 12.0. The number of thioether (sulfide) groups is 1. The van der Waals surface area contributed by atoms with E-state index in [-0.39, 0.29) is 29.5 Å². The topological polar surface area (TPSA) is 88.9 Å². The molecule has 1 atom stereocenters. The molecule has 0 fully saturated rings. The summed E-state index contributed by atoms with van der Waals surface area (Å²) in [4.78, 5) is 25.2. The number of aromatic nitrogens is 3. The Labute approximate surface area is 210 Å². The van der Waals surface area contributed by atoms with Crippen molar-refractivity contribution in [3.05, 3.63) is 68.9 Å². The molecule has 33 heavy (non-hydrogen) atoms. The Kier molecular flexibility index (Phi) is 8.56. The molecule has 1 heterocycles. The quantitative estimate of drug-likeness (QED) is 0.367. The summed E-state index contributed by atoms with van der Waals surface area (Å²) in [6, 6.07) is 12.3. The Balaban J connectivity index is 1.66. The molecule has 0 saturated heterocycles. The molecule has 0 aliphatic rings. The van der Waals surface area contributed by atoms with Gasteiger partial charge in [0.15, 0.2) is 11.0 Å². The number of amides is 2. The van der Waals surface area contributed by atoms with Gasteiger partial charge in [0.1, 0.15) is 0 Å². The van der Waals surface area contributed by atoms with E-state index in [1.807, 2.05) is 50.6 Å². The van der Waals surface area contributed by atoms with Crippen molar-refractivity contribution < 1.29 is 9.59 Å². The predicted octanol–water partition coefficient (Wildman–Crippen LogP) is 5.40. The number of rotatable bonds is 8. The van der Waals surface area contributed by atoms with Gasteiger partial charge in [-0.25, -0.2) is 0 Å². The second-order valence-electron chi connectivity index (χ2n) is 7.93. The maximum Gasteiger partial charge on any atom is 0.251 e. The van der Waals surface area contributed by atoms with Crippen molar-refractivity contribution in [3.8, 4) is 0 Å². The van der Waals surface area contributed by atoms with Gasteiger partial charge in [0, 0.05) is 22.8 Å². The van der Waals surface area contributed by atoms with Crippen molar-refractivity contribution in [1.82, 2.24) is 20.1 Å². The first kappa shape index (κ1) is 25.3. The molecule has 2 N–H and O–H groups in total. The smallest absolute Gasteiger partial charge is 0.251 e. The Bertz CT molecular complexity index is 1170. The molecular formula is C23H25BrClN5O2S. The maximum atomic E-state index is 12.8. The average molecular weight is 551 g/mol. The Morgan fingerprint density at radius 1 is 1.18 bits per heavy atom. The van der Waals surface area contributed by atoms with Gasteiger partial charge < -0.3 is 15.2 Å². The van der Waals surface area contributed by atoms with Crippen LogP contribution >= 0.6 is 39.3 Å². The third-order valence-corrected chi connectivity index (χ3v) is 7.17. The summed E-state index contributed by atoms with van der Waals surface area (Å²) in [6.45, 7) is 5.98. The zero-order chi connectivity index (χ0) is 24.1. The average Bonchev–Trinajstić information content (AvgIpc) is 3.12. The molecule has 3 rings (SSSR count). The van der Waals surface area contributed by atoms with Gasteiger partial charge in [-0.05, 0) is 59.1 Å². The molecule has 0 aliphatic heterocycles. The first-order valence-electron chi connectivity index (χ1n) is 10.3. The highest BCUT2D eigenvalue weighted by Gasteiger charge is 2.25. The van der Waals surface area contributed by atoms with Crippen LogP contribution in [0.5, 0.6) is 0 Å². The number of hydrogen-bond acceptors (Lipinski definition) is 5. The van der Waals surface area contributed by atoms with E-state index in [2.05, 4.69) is 36.8 Å². The van der Waals surface area contributed by atoms with Crippen molar-refractivity contribution in [2.45, 2.75) is 32.0 Å². The van der Waals surface area contributed by atoms with E-state index in [0.717, 1.165) is 10.0 Å². The van der Waals surface area contributed by atoms with Gasteiger partial charge in [0.25, 0.3) is 5.91 Å². The molecule has 2 aromatic carbocycles. The minimum atomic E-state index is -0.330. The van der Waals surface area contributed by atoms with Crippen LogP contribution in [-0.4, -0.2) is 32.3 Å². The number of anilines is 1. The molecule has 7 nitrogen and oxygen atoms in total. The molecule has 0 aliphatic carbocycles. The summed E-state index contributed by atoms with van der Waals surface area (Å²) >= 11 is 10.7. The van der Waals surface area contributed by atoms with Gasteiger partial charge in [0.05, 0.1) is 16.8 Å². The van der Waals surface area contributed by atoms with Crippen LogP contribution in [0.25, 0.3) is 0 Å². The molecule has 3 aromatic rings. The van der Waals surface area contributed by atoms with Crippen LogP contribution in [-0.2, 0) is 11.8 Å². The monoisotopic (exact) mass is 549 g/mol. The molecule has 0 spiro atoms.